The highest BCUT2D eigenvalue weighted by Gasteiger charge is 2.20. The molecule has 0 aliphatic carbocycles. The van der Waals surface area contributed by atoms with Gasteiger partial charge in [0.1, 0.15) is 5.76 Å². The zero-order valence-electron chi connectivity index (χ0n) is 17.4. The predicted molar refractivity (Wildman–Crippen MR) is 116 cm³/mol. The third kappa shape index (κ3) is 5.50. The van der Waals surface area contributed by atoms with Crippen molar-refractivity contribution in [2.24, 2.45) is 5.92 Å². The Kier molecular flexibility index (Phi) is 7.14. The summed E-state index contributed by atoms with van der Waals surface area (Å²) < 4.78 is 7.42. The average molecular weight is 413 g/mol. The zero-order chi connectivity index (χ0) is 20.8. The Morgan fingerprint density at radius 1 is 1.14 bits per heavy atom. The molecule has 154 valence electrons. The van der Waals surface area contributed by atoms with Gasteiger partial charge in [0.2, 0.25) is 5.91 Å². The molecule has 29 heavy (non-hydrogen) atoms. The van der Waals surface area contributed by atoms with E-state index in [1.807, 2.05) is 47.9 Å². The molecule has 0 unspecified atom stereocenters. The van der Waals surface area contributed by atoms with Crippen molar-refractivity contribution in [1.82, 2.24) is 20.1 Å². The number of nitrogens with zero attached hydrogens (tertiary/aromatic N) is 3. The van der Waals surface area contributed by atoms with Gasteiger partial charge in [-0.3, -0.25) is 9.36 Å². The summed E-state index contributed by atoms with van der Waals surface area (Å²) in [6.07, 6.45) is 3.73. The molecule has 3 aromatic rings. The summed E-state index contributed by atoms with van der Waals surface area (Å²) in [4.78, 5) is 12.4. The molecule has 3 rings (SSSR count). The maximum Gasteiger partial charge on any atom is 0.230 e. The Morgan fingerprint density at radius 2 is 1.90 bits per heavy atom. The van der Waals surface area contributed by atoms with Gasteiger partial charge in [-0.1, -0.05) is 43.8 Å². The van der Waals surface area contributed by atoms with E-state index in [9.17, 15) is 4.79 Å². The first kappa shape index (κ1) is 21.2. The lowest BCUT2D eigenvalue weighted by molar-refractivity contribution is -0.119. The van der Waals surface area contributed by atoms with Gasteiger partial charge in [0.05, 0.1) is 17.6 Å². The third-order valence-electron chi connectivity index (χ3n) is 4.66. The van der Waals surface area contributed by atoms with E-state index < -0.39 is 0 Å². The molecule has 1 amide bonds. The van der Waals surface area contributed by atoms with Crippen LogP contribution in [-0.4, -0.2) is 32.5 Å². The fraction of sp³-hybridized carbons (Fsp3) is 0.409. The van der Waals surface area contributed by atoms with E-state index in [1.165, 1.54) is 11.8 Å². The summed E-state index contributed by atoms with van der Waals surface area (Å²) in [5.41, 5.74) is 1.83. The highest BCUT2D eigenvalue weighted by Crippen LogP contribution is 2.30. The molecule has 0 radical (unpaired) electrons. The van der Waals surface area contributed by atoms with E-state index >= 15 is 0 Å². The number of furan rings is 1. The quantitative estimate of drug-likeness (QED) is 0.508. The van der Waals surface area contributed by atoms with Crippen LogP contribution in [0.2, 0.25) is 0 Å². The highest BCUT2D eigenvalue weighted by atomic mass is 32.2. The van der Waals surface area contributed by atoms with Crippen LogP contribution in [0.25, 0.3) is 17.1 Å². The van der Waals surface area contributed by atoms with Gasteiger partial charge in [0.25, 0.3) is 0 Å². The smallest absolute Gasteiger partial charge is 0.230 e. The van der Waals surface area contributed by atoms with Crippen molar-refractivity contribution in [3.8, 4) is 17.1 Å². The van der Waals surface area contributed by atoms with Gasteiger partial charge >= 0.3 is 0 Å². The number of carbonyl (C=O) groups excluding carboxylic acids is 1. The molecule has 0 fully saturated rings. The summed E-state index contributed by atoms with van der Waals surface area (Å²) in [6, 6.07) is 12.0. The van der Waals surface area contributed by atoms with Crippen molar-refractivity contribution in [3.05, 3.63) is 48.4 Å². The first-order valence-corrected chi connectivity index (χ1v) is 10.9. The first-order chi connectivity index (χ1) is 14.0. The molecule has 0 aliphatic heterocycles. The molecule has 1 atom stereocenters. The van der Waals surface area contributed by atoms with Crippen LogP contribution >= 0.6 is 11.8 Å². The Hall–Kier alpha value is -2.54. The molecule has 2 heterocycles. The minimum absolute atomic E-state index is 0.00918. The molecule has 0 saturated heterocycles. The molecule has 1 aromatic carbocycles. The number of hydrogen-bond donors (Lipinski definition) is 1. The number of aromatic nitrogens is 3. The second kappa shape index (κ2) is 9.78. The Bertz CT molecular complexity index is 933. The molecule has 7 heteroatoms. The standard InChI is InChI=1S/C22H28N4O2S/c1-15(2)10-11-16(3)23-20(27)14-29-22-25-24-21(19-12-13-28-17(19)4)26(22)18-8-6-5-7-9-18/h5-9,12-13,15-16H,10-11,14H2,1-4H3,(H,23,27)/t16-/m0/s1. The van der Waals surface area contributed by atoms with Gasteiger partial charge in [-0.2, -0.15) is 0 Å². The lowest BCUT2D eigenvalue weighted by Gasteiger charge is -2.15. The summed E-state index contributed by atoms with van der Waals surface area (Å²) in [5, 5.41) is 12.5. The van der Waals surface area contributed by atoms with E-state index in [0.29, 0.717) is 22.7 Å². The fourth-order valence-corrected chi connectivity index (χ4v) is 3.83. The molecule has 0 saturated carbocycles. The van der Waals surface area contributed by atoms with E-state index in [0.717, 1.165) is 29.9 Å². The first-order valence-electron chi connectivity index (χ1n) is 9.93. The summed E-state index contributed by atoms with van der Waals surface area (Å²) in [7, 11) is 0. The van der Waals surface area contributed by atoms with Gasteiger partial charge in [-0.05, 0) is 50.8 Å². The van der Waals surface area contributed by atoms with Crippen LogP contribution < -0.4 is 5.32 Å². The predicted octanol–water partition coefficient (Wildman–Crippen LogP) is 4.87. The molecule has 2 aromatic heterocycles. The maximum absolute atomic E-state index is 12.4. The highest BCUT2D eigenvalue weighted by molar-refractivity contribution is 7.99. The third-order valence-corrected chi connectivity index (χ3v) is 5.59. The molecular formula is C22H28N4O2S. The van der Waals surface area contributed by atoms with Gasteiger partial charge in [-0.15, -0.1) is 10.2 Å². The van der Waals surface area contributed by atoms with Crippen molar-refractivity contribution in [3.63, 3.8) is 0 Å². The Balaban J connectivity index is 1.75. The van der Waals surface area contributed by atoms with Gasteiger partial charge in [0.15, 0.2) is 11.0 Å². The van der Waals surface area contributed by atoms with Crippen molar-refractivity contribution < 1.29 is 9.21 Å². The number of nitrogens with one attached hydrogen (secondary N) is 1. The van der Waals surface area contributed by atoms with E-state index in [1.54, 1.807) is 6.26 Å². The van der Waals surface area contributed by atoms with Gasteiger partial charge in [-0.25, -0.2) is 0 Å². The van der Waals surface area contributed by atoms with Crippen molar-refractivity contribution >= 4 is 17.7 Å². The number of carbonyl (C=O) groups is 1. The van der Waals surface area contributed by atoms with E-state index in [2.05, 4.69) is 36.3 Å². The Labute approximate surface area is 176 Å². The summed E-state index contributed by atoms with van der Waals surface area (Å²) >= 11 is 1.39. The topological polar surface area (TPSA) is 72.9 Å². The van der Waals surface area contributed by atoms with Crippen LogP contribution in [0.5, 0.6) is 0 Å². The summed E-state index contributed by atoms with van der Waals surface area (Å²) in [6.45, 7) is 8.34. The second-order valence-corrected chi connectivity index (χ2v) is 8.54. The molecule has 0 spiro atoms. The zero-order valence-corrected chi connectivity index (χ0v) is 18.2. The van der Waals surface area contributed by atoms with E-state index in [-0.39, 0.29) is 11.9 Å². The number of aryl methyl sites for hydroxylation is 1. The molecule has 6 nitrogen and oxygen atoms in total. The van der Waals surface area contributed by atoms with E-state index in [4.69, 9.17) is 4.42 Å². The lowest BCUT2D eigenvalue weighted by Crippen LogP contribution is -2.34. The Morgan fingerprint density at radius 3 is 2.55 bits per heavy atom. The van der Waals surface area contributed by atoms with Crippen LogP contribution in [0, 0.1) is 12.8 Å². The number of hydrogen-bond acceptors (Lipinski definition) is 5. The second-order valence-electron chi connectivity index (χ2n) is 7.60. The minimum Gasteiger partial charge on any atom is -0.469 e. The molecular weight excluding hydrogens is 384 g/mol. The average Bonchev–Trinajstić information content (AvgIpc) is 3.31. The van der Waals surface area contributed by atoms with Crippen LogP contribution in [-0.2, 0) is 4.79 Å². The number of benzene rings is 1. The number of amides is 1. The number of para-hydroxylation sites is 1. The van der Waals surface area contributed by atoms with Crippen LogP contribution in [0.15, 0.2) is 52.2 Å². The van der Waals surface area contributed by atoms with Crippen LogP contribution in [0.1, 0.15) is 39.4 Å². The molecule has 0 aliphatic rings. The molecule has 1 N–H and O–H groups in total. The van der Waals surface area contributed by atoms with Crippen LogP contribution in [0.4, 0.5) is 0 Å². The van der Waals surface area contributed by atoms with Gasteiger partial charge < -0.3 is 9.73 Å². The van der Waals surface area contributed by atoms with Crippen LogP contribution in [0.3, 0.4) is 0 Å². The largest absolute Gasteiger partial charge is 0.469 e. The van der Waals surface area contributed by atoms with Crippen molar-refractivity contribution in [1.29, 1.82) is 0 Å². The normalized spacial score (nSPS) is 12.3. The summed E-state index contributed by atoms with van der Waals surface area (Å²) in [5.74, 6) is 2.42. The number of rotatable bonds is 9. The molecule has 0 bridgehead atoms. The fourth-order valence-electron chi connectivity index (χ4n) is 3.07. The van der Waals surface area contributed by atoms with Crippen molar-refractivity contribution in [2.75, 3.05) is 5.75 Å². The van der Waals surface area contributed by atoms with Crippen molar-refractivity contribution in [2.45, 2.75) is 51.7 Å². The monoisotopic (exact) mass is 412 g/mol. The lowest BCUT2D eigenvalue weighted by atomic mass is 10.0. The SMILES string of the molecule is Cc1occc1-c1nnc(SCC(=O)N[C@@H](C)CCC(C)C)n1-c1ccccc1. The van der Waals surface area contributed by atoms with Gasteiger partial charge in [0, 0.05) is 11.7 Å². The number of thioether (sulfide) groups is 1. The minimum atomic E-state index is 0.00918. The maximum atomic E-state index is 12.4.